The zero-order chi connectivity index (χ0) is 12.9. The highest BCUT2D eigenvalue weighted by atomic mass is 79.9. The Morgan fingerprint density at radius 1 is 1.39 bits per heavy atom. The van der Waals surface area contributed by atoms with Crippen LogP contribution in [0.2, 0.25) is 0 Å². The van der Waals surface area contributed by atoms with Crippen LogP contribution in [0.3, 0.4) is 0 Å². The molecule has 1 rings (SSSR count). The average Bonchev–Trinajstić information content (AvgIpc) is 2.24. The number of rotatable bonds is 5. The number of hydrogen-bond acceptors (Lipinski definition) is 0. The molecule has 18 heavy (non-hydrogen) atoms. The van der Waals surface area contributed by atoms with Crippen molar-refractivity contribution in [2.24, 2.45) is 5.41 Å². The minimum absolute atomic E-state index is 0. The molecule has 2 radical (unpaired) electrons. The van der Waals surface area contributed by atoms with Gasteiger partial charge >= 0.3 is 0 Å². The third-order valence-electron chi connectivity index (χ3n) is 4.06. The van der Waals surface area contributed by atoms with Gasteiger partial charge in [0.1, 0.15) is 0 Å². The van der Waals surface area contributed by atoms with Gasteiger partial charge in [0.15, 0.2) is 0 Å². The van der Waals surface area contributed by atoms with Crippen molar-refractivity contribution in [1.29, 1.82) is 0 Å². The summed E-state index contributed by atoms with van der Waals surface area (Å²) in [6.45, 7) is 9.45. The molecule has 1 aliphatic carbocycles. The Hall–Kier alpha value is 0.726. The van der Waals surface area contributed by atoms with E-state index in [0.717, 1.165) is 11.8 Å². The van der Waals surface area contributed by atoms with Gasteiger partial charge in [-0.3, -0.25) is 0 Å². The summed E-state index contributed by atoms with van der Waals surface area (Å²) in [6, 6.07) is 0. The molecule has 0 aromatic rings. The Morgan fingerprint density at radius 3 is 2.61 bits per heavy atom. The van der Waals surface area contributed by atoms with E-state index in [4.69, 9.17) is 0 Å². The molecule has 0 N–H and O–H groups in total. The van der Waals surface area contributed by atoms with Crippen LogP contribution in [-0.2, 0) is 0 Å². The van der Waals surface area contributed by atoms with E-state index in [1.165, 1.54) is 32.1 Å². The number of allylic oxidation sites excluding steroid dienone is 4. The fourth-order valence-electron chi connectivity index (χ4n) is 2.95. The molecule has 0 unspecified atom stereocenters. The molecule has 100 valence electrons. The lowest BCUT2D eigenvalue weighted by molar-refractivity contribution is 0.354. The average molecular weight is 324 g/mol. The molecule has 0 aromatic carbocycles. The van der Waals surface area contributed by atoms with Crippen LogP contribution in [-0.4, -0.2) is 28.4 Å². The summed E-state index contributed by atoms with van der Waals surface area (Å²) in [6.07, 6.45) is 10.1. The van der Waals surface area contributed by atoms with Crippen LogP contribution in [0, 0.1) is 5.41 Å². The van der Waals surface area contributed by atoms with E-state index in [2.05, 4.69) is 49.7 Å². The van der Waals surface area contributed by atoms with E-state index in [1.54, 1.807) is 16.7 Å². The van der Waals surface area contributed by atoms with Crippen molar-refractivity contribution in [1.82, 2.24) is 0 Å². The molecule has 0 heterocycles. The van der Waals surface area contributed by atoms with Gasteiger partial charge in [-0.15, -0.1) is 0 Å². The highest BCUT2D eigenvalue weighted by Crippen LogP contribution is 2.42. The van der Waals surface area contributed by atoms with Crippen LogP contribution in [0.25, 0.3) is 0 Å². The summed E-state index contributed by atoms with van der Waals surface area (Å²) in [5.41, 5.74) is 5.38. The van der Waals surface area contributed by atoms with E-state index in [9.17, 15) is 0 Å². The fourth-order valence-corrected chi connectivity index (χ4v) is 3.18. The molecule has 0 nitrogen and oxygen atoms in total. The lowest BCUT2D eigenvalue weighted by Crippen LogP contribution is -2.20. The van der Waals surface area contributed by atoms with Gasteiger partial charge in [-0.25, -0.2) is 0 Å². The second kappa shape index (κ2) is 8.81. The summed E-state index contributed by atoms with van der Waals surface area (Å²) in [7, 11) is 0. The van der Waals surface area contributed by atoms with Crippen molar-refractivity contribution in [3.8, 4) is 0 Å². The molecule has 1 aliphatic rings. The van der Waals surface area contributed by atoms with Gasteiger partial charge in [0.05, 0.1) is 0 Å². The van der Waals surface area contributed by atoms with E-state index in [0.29, 0.717) is 5.41 Å². The predicted octanol–water partition coefficient (Wildman–Crippen LogP) is 5.64. The molecule has 0 saturated carbocycles. The largest absolute Gasteiger partial charge is 0.0925 e. The predicted molar refractivity (Wildman–Crippen MR) is 87.5 cm³/mol. The quantitative estimate of drug-likeness (QED) is 0.349. The van der Waals surface area contributed by atoms with Crippen LogP contribution in [0.4, 0.5) is 0 Å². The minimum atomic E-state index is 0. The zero-order valence-corrected chi connectivity index (χ0v) is 15.6. The topological polar surface area (TPSA) is 0 Å². The van der Waals surface area contributed by atoms with Crippen LogP contribution >= 0.6 is 15.9 Å². The van der Waals surface area contributed by atoms with Crippen molar-refractivity contribution >= 4 is 39.0 Å². The monoisotopic (exact) mass is 322 g/mol. The minimum Gasteiger partial charge on any atom is -0.0925 e. The summed E-state index contributed by atoms with van der Waals surface area (Å²) in [5, 5.41) is 1.08. The van der Waals surface area contributed by atoms with Crippen molar-refractivity contribution in [3.05, 3.63) is 22.8 Å². The maximum absolute atomic E-state index is 3.48. The molecule has 0 atom stereocenters. The van der Waals surface area contributed by atoms with Gasteiger partial charge in [0.2, 0.25) is 0 Å². The highest BCUT2D eigenvalue weighted by molar-refractivity contribution is 9.09. The second-order valence-corrected chi connectivity index (χ2v) is 6.82. The van der Waals surface area contributed by atoms with Crippen LogP contribution in [0.5, 0.6) is 0 Å². The van der Waals surface area contributed by atoms with Crippen molar-refractivity contribution < 1.29 is 0 Å². The summed E-state index contributed by atoms with van der Waals surface area (Å²) in [5.74, 6) is 0. The molecular weight excluding hydrogens is 296 g/mol. The molecule has 0 aliphatic heterocycles. The smallest absolute Gasteiger partial charge is 0.00660 e. The normalized spacial score (nSPS) is 19.7. The van der Waals surface area contributed by atoms with Gasteiger partial charge in [-0.05, 0) is 57.8 Å². The first kappa shape index (κ1) is 18.7. The molecule has 0 saturated heterocycles. The zero-order valence-electron chi connectivity index (χ0n) is 12.6. The molecule has 0 aromatic heterocycles. The maximum atomic E-state index is 3.48. The Morgan fingerprint density at radius 2 is 2.06 bits per heavy atom. The van der Waals surface area contributed by atoms with Gasteiger partial charge in [-0.2, -0.15) is 0 Å². The molecular formula is C16H27BrMg. The van der Waals surface area contributed by atoms with Crippen molar-refractivity contribution in [2.75, 3.05) is 5.33 Å². The Labute approximate surface area is 138 Å². The fraction of sp³-hybridized carbons (Fsp3) is 0.750. The SMILES string of the molecule is CC(=CCCBr)CCC1=C(C)CCCC1(C)C.[Mg]. The van der Waals surface area contributed by atoms with E-state index in [-0.39, 0.29) is 23.1 Å². The molecule has 0 fully saturated rings. The Kier molecular flexibility index (Phi) is 9.17. The van der Waals surface area contributed by atoms with E-state index >= 15 is 0 Å². The summed E-state index contributed by atoms with van der Waals surface area (Å²) >= 11 is 3.48. The number of alkyl halides is 1. The number of halogens is 1. The Bertz CT molecular complexity index is 313. The van der Waals surface area contributed by atoms with Gasteiger partial charge in [0, 0.05) is 28.4 Å². The lowest BCUT2D eigenvalue weighted by atomic mass is 9.71. The van der Waals surface area contributed by atoms with E-state index in [1.807, 2.05) is 0 Å². The first-order chi connectivity index (χ1) is 7.97. The third-order valence-corrected chi connectivity index (χ3v) is 4.51. The van der Waals surface area contributed by atoms with Crippen LogP contribution < -0.4 is 0 Å². The number of hydrogen-bond donors (Lipinski definition) is 0. The first-order valence-electron chi connectivity index (χ1n) is 6.88. The Balaban J connectivity index is 0.00000289. The first-order valence-corrected chi connectivity index (χ1v) is 8.00. The molecule has 2 heteroatoms. The van der Waals surface area contributed by atoms with Crippen molar-refractivity contribution in [3.63, 3.8) is 0 Å². The van der Waals surface area contributed by atoms with Crippen molar-refractivity contribution in [2.45, 2.75) is 66.2 Å². The van der Waals surface area contributed by atoms with Crippen LogP contribution in [0.1, 0.15) is 66.2 Å². The summed E-state index contributed by atoms with van der Waals surface area (Å²) < 4.78 is 0. The van der Waals surface area contributed by atoms with Crippen LogP contribution in [0.15, 0.2) is 22.8 Å². The highest BCUT2D eigenvalue weighted by Gasteiger charge is 2.27. The third kappa shape index (κ3) is 5.79. The summed E-state index contributed by atoms with van der Waals surface area (Å²) in [4.78, 5) is 0. The molecule has 0 bridgehead atoms. The van der Waals surface area contributed by atoms with E-state index < -0.39 is 0 Å². The maximum Gasteiger partial charge on any atom is 0.00660 e. The molecule has 0 spiro atoms. The van der Waals surface area contributed by atoms with Gasteiger partial charge in [0.25, 0.3) is 0 Å². The standard InChI is InChI=1S/C16H27Br.Mg/c1-13(7-6-12-17)9-10-15-14(2)8-5-11-16(15,3)4;/h7H,5-6,8-12H2,1-4H3;. The molecule has 0 amide bonds. The lowest BCUT2D eigenvalue weighted by Gasteiger charge is -2.34. The van der Waals surface area contributed by atoms with Gasteiger partial charge in [-0.1, -0.05) is 52.6 Å². The second-order valence-electron chi connectivity index (χ2n) is 6.02. The van der Waals surface area contributed by atoms with Gasteiger partial charge < -0.3 is 0 Å².